The van der Waals surface area contributed by atoms with E-state index in [9.17, 15) is 0 Å². The monoisotopic (exact) mass is 114 g/mol. The number of hydrogen-bond donors (Lipinski definition) is 1. The Bertz CT molecular complexity index is 78.4. The van der Waals surface area contributed by atoms with Gasteiger partial charge >= 0.3 is 0 Å². The number of allylic oxidation sites excluding steroid dienone is 2. The summed E-state index contributed by atoms with van der Waals surface area (Å²) in [6.45, 7) is 5.95. The van der Waals surface area contributed by atoms with Crippen LogP contribution in [0.4, 0.5) is 0 Å². The summed E-state index contributed by atoms with van der Waals surface area (Å²) in [7, 11) is 0. The molecule has 0 saturated heterocycles. The number of aliphatic hydroxyl groups excluding tert-OH is 1. The van der Waals surface area contributed by atoms with Crippen LogP contribution < -0.4 is 0 Å². The Morgan fingerprint density at radius 2 is 2.12 bits per heavy atom. The van der Waals surface area contributed by atoms with Gasteiger partial charge in [0.15, 0.2) is 0 Å². The van der Waals surface area contributed by atoms with Crippen molar-refractivity contribution in [2.75, 3.05) is 0 Å². The molecule has 0 amide bonds. The average Bonchev–Trinajstić information content (AvgIpc) is 1.61. The van der Waals surface area contributed by atoms with Gasteiger partial charge in [0.25, 0.3) is 0 Å². The molecule has 0 aromatic carbocycles. The zero-order valence-corrected chi connectivity index (χ0v) is 5.81. The number of rotatable bonds is 2. The second kappa shape index (κ2) is 3.53. The van der Waals surface area contributed by atoms with Crippen LogP contribution in [0.15, 0.2) is 11.8 Å². The zero-order chi connectivity index (χ0) is 6.57. The molecule has 1 N–H and O–H groups in total. The first-order valence-corrected chi connectivity index (χ1v) is 2.98. The summed E-state index contributed by atoms with van der Waals surface area (Å²) in [6.07, 6.45) is 2.81. The topological polar surface area (TPSA) is 20.2 Å². The molecule has 8 heavy (non-hydrogen) atoms. The lowest BCUT2D eigenvalue weighted by molar-refractivity contribution is 0.408. The van der Waals surface area contributed by atoms with Crippen molar-refractivity contribution >= 4 is 0 Å². The molecule has 0 aliphatic rings. The van der Waals surface area contributed by atoms with Crippen molar-refractivity contribution in [2.24, 2.45) is 5.92 Å². The van der Waals surface area contributed by atoms with Crippen LogP contribution in [0.25, 0.3) is 0 Å². The van der Waals surface area contributed by atoms with Crippen LogP contribution in [0.5, 0.6) is 0 Å². The van der Waals surface area contributed by atoms with Gasteiger partial charge in [-0.2, -0.15) is 0 Å². The Kier molecular flexibility index (Phi) is 3.33. The Balaban J connectivity index is 3.29. The van der Waals surface area contributed by atoms with Gasteiger partial charge in [-0.05, 0) is 25.3 Å². The minimum Gasteiger partial charge on any atom is -0.513 e. The molecule has 48 valence electrons. The molecule has 0 aliphatic carbocycles. The van der Waals surface area contributed by atoms with E-state index in [1.807, 2.05) is 6.08 Å². The molecule has 0 bridgehead atoms. The average molecular weight is 114 g/mol. The quantitative estimate of drug-likeness (QED) is 0.547. The number of hydrogen-bond acceptors (Lipinski definition) is 1. The van der Waals surface area contributed by atoms with Crippen LogP contribution >= 0.6 is 0 Å². The summed E-state index contributed by atoms with van der Waals surface area (Å²) < 4.78 is 0. The second-order valence-corrected chi connectivity index (χ2v) is 2.48. The van der Waals surface area contributed by atoms with Crippen molar-refractivity contribution in [3.8, 4) is 0 Å². The van der Waals surface area contributed by atoms with Gasteiger partial charge in [0, 0.05) is 0 Å². The molecule has 0 unspecified atom stereocenters. The van der Waals surface area contributed by atoms with Crippen LogP contribution in [0.2, 0.25) is 0 Å². The molecule has 0 saturated carbocycles. The van der Waals surface area contributed by atoms with Gasteiger partial charge in [-0.25, -0.2) is 0 Å². The molecule has 0 atom stereocenters. The fraction of sp³-hybridized carbons (Fsp3) is 0.714. The van der Waals surface area contributed by atoms with Gasteiger partial charge in [0.1, 0.15) is 0 Å². The van der Waals surface area contributed by atoms with Gasteiger partial charge in [0.05, 0.1) is 5.76 Å². The molecule has 0 aromatic heterocycles. The third-order valence-corrected chi connectivity index (χ3v) is 0.885. The normalized spacial score (nSPS) is 12.8. The van der Waals surface area contributed by atoms with Crippen molar-refractivity contribution in [1.29, 1.82) is 0 Å². The molecule has 0 radical (unpaired) electrons. The van der Waals surface area contributed by atoms with Crippen LogP contribution in [0, 0.1) is 5.92 Å². The zero-order valence-electron chi connectivity index (χ0n) is 5.81. The first-order valence-electron chi connectivity index (χ1n) is 2.98. The minimum absolute atomic E-state index is 0.429. The van der Waals surface area contributed by atoms with E-state index >= 15 is 0 Å². The van der Waals surface area contributed by atoms with Crippen molar-refractivity contribution in [3.05, 3.63) is 11.8 Å². The smallest absolute Gasteiger partial charge is 0.0852 e. The van der Waals surface area contributed by atoms with Gasteiger partial charge in [-0.15, -0.1) is 0 Å². The molecule has 0 aromatic rings. The van der Waals surface area contributed by atoms with Crippen molar-refractivity contribution in [3.63, 3.8) is 0 Å². The first-order chi connectivity index (χ1) is 3.63. The van der Waals surface area contributed by atoms with Crippen LogP contribution in [0.3, 0.4) is 0 Å². The molecule has 0 aliphatic heterocycles. The highest BCUT2D eigenvalue weighted by Crippen LogP contribution is 2.01. The summed E-state index contributed by atoms with van der Waals surface area (Å²) in [5, 5.41) is 8.66. The molecule has 1 nitrogen and oxygen atoms in total. The maximum atomic E-state index is 8.66. The fourth-order valence-corrected chi connectivity index (χ4v) is 0.406. The fourth-order valence-electron chi connectivity index (χ4n) is 0.406. The Morgan fingerprint density at radius 1 is 1.62 bits per heavy atom. The van der Waals surface area contributed by atoms with E-state index in [0.717, 1.165) is 6.42 Å². The van der Waals surface area contributed by atoms with Crippen LogP contribution in [-0.4, -0.2) is 5.11 Å². The van der Waals surface area contributed by atoms with E-state index in [0.29, 0.717) is 11.7 Å². The van der Waals surface area contributed by atoms with E-state index < -0.39 is 0 Å². The highest BCUT2D eigenvalue weighted by Gasteiger charge is 1.87. The van der Waals surface area contributed by atoms with Gasteiger partial charge < -0.3 is 5.11 Å². The maximum absolute atomic E-state index is 8.66. The summed E-state index contributed by atoms with van der Waals surface area (Å²) >= 11 is 0. The predicted molar refractivity (Wildman–Crippen MR) is 35.8 cm³/mol. The molecule has 0 fully saturated rings. The third kappa shape index (κ3) is 5.54. The largest absolute Gasteiger partial charge is 0.513 e. The number of aliphatic hydroxyl groups is 1. The highest BCUT2D eigenvalue weighted by molar-refractivity contribution is 4.85. The Morgan fingerprint density at radius 3 is 2.25 bits per heavy atom. The lowest BCUT2D eigenvalue weighted by atomic mass is 10.1. The van der Waals surface area contributed by atoms with Crippen molar-refractivity contribution in [2.45, 2.75) is 27.2 Å². The van der Waals surface area contributed by atoms with E-state index in [1.165, 1.54) is 0 Å². The summed E-state index contributed by atoms with van der Waals surface area (Å²) in [5.41, 5.74) is 0. The van der Waals surface area contributed by atoms with E-state index in [4.69, 9.17) is 5.11 Å². The molecule has 0 heterocycles. The second-order valence-electron chi connectivity index (χ2n) is 2.48. The molecular formula is C7H14O. The SMILES string of the molecule is C/C(O)=C\CC(C)C. The minimum atomic E-state index is 0.429. The lowest BCUT2D eigenvalue weighted by Gasteiger charge is -1.96. The summed E-state index contributed by atoms with van der Waals surface area (Å²) in [5.74, 6) is 1.08. The van der Waals surface area contributed by atoms with Crippen LogP contribution in [0.1, 0.15) is 27.2 Å². The van der Waals surface area contributed by atoms with Crippen molar-refractivity contribution < 1.29 is 5.11 Å². The maximum Gasteiger partial charge on any atom is 0.0852 e. The van der Waals surface area contributed by atoms with Gasteiger partial charge in [-0.3, -0.25) is 0 Å². The van der Waals surface area contributed by atoms with Gasteiger partial charge in [-0.1, -0.05) is 13.8 Å². The lowest BCUT2D eigenvalue weighted by Crippen LogP contribution is -1.82. The van der Waals surface area contributed by atoms with E-state index in [-0.39, 0.29) is 0 Å². The predicted octanol–water partition coefficient (Wildman–Crippen LogP) is 2.49. The highest BCUT2D eigenvalue weighted by atomic mass is 16.3. The standard InChI is InChI=1S/C7H14O/c1-6(2)4-5-7(3)8/h5-6,8H,4H2,1-3H3/b7-5+. The molecule has 0 rings (SSSR count). The molecule has 1 heteroatoms. The molecule has 0 spiro atoms. The Hall–Kier alpha value is -0.460. The molecular weight excluding hydrogens is 100 g/mol. The van der Waals surface area contributed by atoms with Gasteiger partial charge in [0.2, 0.25) is 0 Å². The van der Waals surface area contributed by atoms with E-state index in [1.54, 1.807) is 6.92 Å². The van der Waals surface area contributed by atoms with Crippen LogP contribution in [-0.2, 0) is 0 Å². The Labute approximate surface area is 51.0 Å². The van der Waals surface area contributed by atoms with E-state index in [2.05, 4.69) is 13.8 Å². The first kappa shape index (κ1) is 7.54. The van der Waals surface area contributed by atoms with Crippen molar-refractivity contribution in [1.82, 2.24) is 0 Å². The third-order valence-electron chi connectivity index (χ3n) is 0.885. The summed E-state index contributed by atoms with van der Waals surface area (Å²) in [4.78, 5) is 0. The summed E-state index contributed by atoms with van der Waals surface area (Å²) in [6, 6.07) is 0.